The number of hydrogen-bond donors (Lipinski definition) is 3. The third kappa shape index (κ3) is 8.32. The number of rotatable bonds is 9. The Kier molecular flexibility index (Phi) is 9.17. The highest BCUT2D eigenvalue weighted by Crippen LogP contribution is 2.05. The average Bonchev–Trinajstić information content (AvgIpc) is 2.49. The van der Waals surface area contributed by atoms with Gasteiger partial charge in [-0.15, -0.1) is 0 Å². The molecule has 1 heterocycles. The normalized spacial score (nSPS) is 17.3. The SMILES string of the molecule is CC(C)CC(=O)NC(C(=O)NCCCN1CCNCC1)C(C)C. The molecule has 6 heteroatoms. The Morgan fingerprint density at radius 3 is 2.35 bits per heavy atom. The van der Waals surface area contributed by atoms with Gasteiger partial charge in [-0.05, 0) is 24.8 Å². The van der Waals surface area contributed by atoms with E-state index in [9.17, 15) is 9.59 Å². The van der Waals surface area contributed by atoms with E-state index in [1.165, 1.54) is 0 Å². The molecule has 0 radical (unpaired) electrons. The van der Waals surface area contributed by atoms with Crippen molar-refractivity contribution in [1.82, 2.24) is 20.9 Å². The number of hydrogen-bond acceptors (Lipinski definition) is 4. The Balaban J connectivity index is 2.29. The quantitative estimate of drug-likeness (QED) is 0.542. The molecule has 1 fully saturated rings. The van der Waals surface area contributed by atoms with Gasteiger partial charge in [0.05, 0.1) is 0 Å². The van der Waals surface area contributed by atoms with E-state index in [0.717, 1.165) is 39.1 Å². The van der Waals surface area contributed by atoms with E-state index in [4.69, 9.17) is 0 Å². The largest absolute Gasteiger partial charge is 0.354 e. The summed E-state index contributed by atoms with van der Waals surface area (Å²) in [6, 6.07) is -0.444. The maximum absolute atomic E-state index is 12.3. The lowest BCUT2D eigenvalue weighted by Gasteiger charge is -2.27. The standard InChI is InChI=1S/C17H34N4O2/c1-13(2)12-15(22)20-16(14(3)4)17(23)19-6-5-9-21-10-7-18-8-11-21/h13-14,16,18H,5-12H2,1-4H3,(H,19,23)(H,20,22). The Morgan fingerprint density at radius 2 is 1.78 bits per heavy atom. The average molecular weight is 326 g/mol. The van der Waals surface area contributed by atoms with E-state index >= 15 is 0 Å². The van der Waals surface area contributed by atoms with Gasteiger partial charge in [0, 0.05) is 39.1 Å². The third-order valence-corrected chi connectivity index (χ3v) is 4.02. The van der Waals surface area contributed by atoms with Crippen LogP contribution in [0.3, 0.4) is 0 Å². The molecule has 0 aromatic rings. The summed E-state index contributed by atoms with van der Waals surface area (Å²) >= 11 is 0. The van der Waals surface area contributed by atoms with Crippen molar-refractivity contribution in [3.8, 4) is 0 Å². The Hall–Kier alpha value is -1.14. The van der Waals surface area contributed by atoms with Crippen molar-refractivity contribution in [1.29, 1.82) is 0 Å². The van der Waals surface area contributed by atoms with E-state index in [2.05, 4.69) is 20.9 Å². The topological polar surface area (TPSA) is 73.5 Å². The van der Waals surface area contributed by atoms with E-state index in [1.54, 1.807) is 0 Å². The van der Waals surface area contributed by atoms with Gasteiger partial charge >= 0.3 is 0 Å². The second-order valence-electron chi connectivity index (χ2n) is 7.12. The van der Waals surface area contributed by atoms with Crippen LogP contribution in [0.15, 0.2) is 0 Å². The van der Waals surface area contributed by atoms with Crippen LogP contribution in [0.4, 0.5) is 0 Å². The molecule has 0 bridgehead atoms. The van der Waals surface area contributed by atoms with Gasteiger partial charge in [0.1, 0.15) is 6.04 Å². The zero-order chi connectivity index (χ0) is 17.2. The molecule has 0 saturated carbocycles. The second-order valence-corrected chi connectivity index (χ2v) is 7.12. The van der Waals surface area contributed by atoms with Crippen molar-refractivity contribution in [2.45, 2.75) is 46.6 Å². The molecule has 1 rings (SSSR count). The van der Waals surface area contributed by atoms with Crippen LogP contribution in [0.5, 0.6) is 0 Å². The van der Waals surface area contributed by atoms with E-state index in [0.29, 0.717) is 18.9 Å². The van der Waals surface area contributed by atoms with Crippen molar-refractivity contribution in [3.05, 3.63) is 0 Å². The first-order valence-electron chi connectivity index (χ1n) is 8.90. The summed E-state index contributed by atoms with van der Waals surface area (Å²) < 4.78 is 0. The summed E-state index contributed by atoms with van der Waals surface area (Å²) in [5.74, 6) is 0.260. The highest BCUT2D eigenvalue weighted by Gasteiger charge is 2.24. The zero-order valence-electron chi connectivity index (χ0n) is 15.2. The summed E-state index contributed by atoms with van der Waals surface area (Å²) in [5, 5.41) is 9.17. The first-order valence-corrected chi connectivity index (χ1v) is 8.90. The summed E-state index contributed by atoms with van der Waals surface area (Å²) in [7, 11) is 0. The molecule has 2 amide bonds. The van der Waals surface area contributed by atoms with E-state index < -0.39 is 6.04 Å². The van der Waals surface area contributed by atoms with Gasteiger partial charge in [-0.25, -0.2) is 0 Å². The number of piperazine rings is 1. The maximum atomic E-state index is 12.3. The smallest absolute Gasteiger partial charge is 0.242 e. The molecule has 1 aliphatic heterocycles. The number of carbonyl (C=O) groups is 2. The Morgan fingerprint density at radius 1 is 1.13 bits per heavy atom. The number of amides is 2. The lowest BCUT2D eigenvalue weighted by atomic mass is 10.0. The van der Waals surface area contributed by atoms with Crippen molar-refractivity contribution >= 4 is 11.8 Å². The zero-order valence-corrected chi connectivity index (χ0v) is 15.2. The monoisotopic (exact) mass is 326 g/mol. The van der Waals surface area contributed by atoms with Gasteiger partial charge in [-0.3, -0.25) is 9.59 Å². The van der Waals surface area contributed by atoms with Gasteiger partial charge in [0.2, 0.25) is 11.8 Å². The predicted molar refractivity (Wildman–Crippen MR) is 93.2 cm³/mol. The second kappa shape index (κ2) is 10.6. The third-order valence-electron chi connectivity index (χ3n) is 4.02. The van der Waals surface area contributed by atoms with Crippen LogP contribution >= 0.6 is 0 Å². The van der Waals surface area contributed by atoms with Gasteiger partial charge in [-0.1, -0.05) is 27.7 Å². The van der Waals surface area contributed by atoms with Gasteiger partial charge in [-0.2, -0.15) is 0 Å². The van der Waals surface area contributed by atoms with Crippen LogP contribution in [-0.4, -0.2) is 62.0 Å². The fourth-order valence-electron chi connectivity index (χ4n) is 2.70. The van der Waals surface area contributed by atoms with E-state index in [-0.39, 0.29) is 17.7 Å². The number of nitrogens with one attached hydrogen (secondary N) is 3. The van der Waals surface area contributed by atoms with Crippen molar-refractivity contribution in [3.63, 3.8) is 0 Å². The summed E-state index contributed by atoms with van der Waals surface area (Å²) in [6.45, 7) is 13.8. The van der Waals surface area contributed by atoms with Crippen LogP contribution < -0.4 is 16.0 Å². The molecule has 6 nitrogen and oxygen atoms in total. The minimum atomic E-state index is -0.444. The fourth-order valence-corrected chi connectivity index (χ4v) is 2.70. The lowest BCUT2D eigenvalue weighted by Crippen LogP contribution is -2.50. The number of nitrogens with zero attached hydrogens (tertiary/aromatic N) is 1. The van der Waals surface area contributed by atoms with Crippen LogP contribution in [0, 0.1) is 11.8 Å². The first kappa shape index (κ1) is 19.9. The molecule has 1 atom stereocenters. The molecule has 0 spiro atoms. The predicted octanol–water partition coefficient (Wildman–Crippen LogP) is 0.585. The van der Waals surface area contributed by atoms with Crippen LogP contribution in [0.25, 0.3) is 0 Å². The molecule has 0 aromatic carbocycles. The molecular weight excluding hydrogens is 292 g/mol. The molecule has 1 aliphatic rings. The highest BCUT2D eigenvalue weighted by molar-refractivity contribution is 5.87. The lowest BCUT2D eigenvalue weighted by molar-refractivity contribution is -0.130. The Bertz CT molecular complexity index is 366. The molecule has 0 aromatic heterocycles. The summed E-state index contributed by atoms with van der Waals surface area (Å²) in [4.78, 5) is 26.6. The fraction of sp³-hybridized carbons (Fsp3) is 0.882. The molecule has 134 valence electrons. The van der Waals surface area contributed by atoms with Gasteiger partial charge in [0.25, 0.3) is 0 Å². The van der Waals surface area contributed by atoms with Crippen LogP contribution in [0.1, 0.15) is 40.5 Å². The van der Waals surface area contributed by atoms with Crippen molar-refractivity contribution in [2.75, 3.05) is 39.3 Å². The minimum absolute atomic E-state index is 0.0466. The van der Waals surface area contributed by atoms with E-state index in [1.807, 2.05) is 27.7 Å². The van der Waals surface area contributed by atoms with Crippen molar-refractivity contribution < 1.29 is 9.59 Å². The molecule has 3 N–H and O–H groups in total. The Labute approximate surface area is 140 Å². The molecule has 23 heavy (non-hydrogen) atoms. The van der Waals surface area contributed by atoms with Crippen LogP contribution in [-0.2, 0) is 9.59 Å². The van der Waals surface area contributed by atoms with Crippen molar-refractivity contribution in [2.24, 2.45) is 11.8 Å². The molecule has 0 aliphatic carbocycles. The van der Waals surface area contributed by atoms with Crippen LogP contribution in [0.2, 0.25) is 0 Å². The summed E-state index contributed by atoms with van der Waals surface area (Å²) in [6.07, 6.45) is 1.40. The maximum Gasteiger partial charge on any atom is 0.242 e. The first-order chi connectivity index (χ1) is 10.9. The molecular formula is C17H34N4O2. The number of carbonyl (C=O) groups excluding carboxylic acids is 2. The van der Waals surface area contributed by atoms with Gasteiger partial charge < -0.3 is 20.9 Å². The summed E-state index contributed by atoms with van der Waals surface area (Å²) in [5.41, 5.74) is 0. The molecule has 1 unspecified atom stereocenters. The molecule has 1 saturated heterocycles. The minimum Gasteiger partial charge on any atom is -0.354 e. The van der Waals surface area contributed by atoms with Gasteiger partial charge in [0.15, 0.2) is 0 Å². The highest BCUT2D eigenvalue weighted by atomic mass is 16.2.